The topological polar surface area (TPSA) is 78.5 Å². The zero-order valence-corrected chi connectivity index (χ0v) is 18.6. The summed E-state index contributed by atoms with van der Waals surface area (Å²) < 4.78 is 27.9. The van der Waals surface area contributed by atoms with E-state index in [2.05, 4.69) is 42.6 Å². The number of anilines is 1. The van der Waals surface area contributed by atoms with Crippen molar-refractivity contribution in [1.82, 2.24) is 10.2 Å². The van der Waals surface area contributed by atoms with E-state index in [9.17, 15) is 13.2 Å². The highest BCUT2D eigenvalue weighted by Gasteiger charge is 2.17. The van der Waals surface area contributed by atoms with Gasteiger partial charge in [-0.3, -0.25) is 14.4 Å². The van der Waals surface area contributed by atoms with Crippen LogP contribution in [0.25, 0.3) is 0 Å². The number of aryl methyl sites for hydroxylation is 1. The summed E-state index contributed by atoms with van der Waals surface area (Å²) in [6.45, 7) is 11.6. The minimum Gasteiger partial charge on any atom is -0.351 e. The van der Waals surface area contributed by atoms with Crippen molar-refractivity contribution in [3.63, 3.8) is 0 Å². The number of nitrogens with zero attached hydrogens (tertiary/aromatic N) is 1. The Kier molecular flexibility index (Phi) is 7.81. The van der Waals surface area contributed by atoms with Crippen LogP contribution in [0, 0.1) is 6.92 Å². The van der Waals surface area contributed by atoms with E-state index in [1.54, 1.807) is 24.3 Å². The van der Waals surface area contributed by atoms with Crippen molar-refractivity contribution in [3.8, 4) is 0 Å². The SMILES string of the molecule is Cc1ccc(NS(=O)(=O)c2cccc(C(=O)NCCN(C(C)C)C(C)C)c2)cc1. The molecule has 0 heterocycles. The summed E-state index contributed by atoms with van der Waals surface area (Å²) in [5.74, 6) is -0.287. The van der Waals surface area contributed by atoms with Crippen LogP contribution in [-0.2, 0) is 10.0 Å². The second kappa shape index (κ2) is 9.89. The van der Waals surface area contributed by atoms with Crippen molar-refractivity contribution in [2.24, 2.45) is 0 Å². The van der Waals surface area contributed by atoms with E-state index in [0.717, 1.165) is 12.1 Å². The Bertz CT molecular complexity index is 915. The van der Waals surface area contributed by atoms with Crippen molar-refractivity contribution in [2.75, 3.05) is 17.8 Å². The van der Waals surface area contributed by atoms with E-state index in [1.807, 2.05) is 19.1 Å². The zero-order valence-electron chi connectivity index (χ0n) is 17.8. The van der Waals surface area contributed by atoms with Gasteiger partial charge in [0.05, 0.1) is 4.90 Å². The first-order chi connectivity index (χ1) is 13.6. The molecule has 2 rings (SSSR count). The number of rotatable bonds is 9. The maximum atomic E-state index is 12.7. The highest BCUT2D eigenvalue weighted by Crippen LogP contribution is 2.17. The van der Waals surface area contributed by atoms with E-state index >= 15 is 0 Å². The van der Waals surface area contributed by atoms with Crippen molar-refractivity contribution in [1.29, 1.82) is 0 Å². The van der Waals surface area contributed by atoms with Crippen molar-refractivity contribution >= 4 is 21.6 Å². The van der Waals surface area contributed by atoms with Crippen LogP contribution in [0.4, 0.5) is 5.69 Å². The number of sulfonamides is 1. The van der Waals surface area contributed by atoms with Gasteiger partial charge in [0.1, 0.15) is 0 Å². The third-order valence-corrected chi connectivity index (χ3v) is 6.07. The van der Waals surface area contributed by atoms with E-state index in [0.29, 0.717) is 29.9 Å². The van der Waals surface area contributed by atoms with Crippen molar-refractivity contribution in [3.05, 3.63) is 59.7 Å². The number of nitrogens with one attached hydrogen (secondary N) is 2. The second-order valence-corrected chi connectivity index (χ2v) is 9.36. The molecule has 7 heteroatoms. The Hall–Kier alpha value is -2.38. The molecular formula is C22H31N3O3S. The molecule has 158 valence electrons. The molecule has 0 saturated carbocycles. The fourth-order valence-electron chi connectivity index (χ4n) is 3.15. The van der Waals surface area contributed by atoms with Crippen LogP contribution in [0.15, 0.2) is 53.4 Å². The van der Waals surface area contributed by atoms with Crippen LogP contribution in [-0.4, -0.2) is 44.4 Å². The largest absolute Gasteiger partial charge is 0.351 e. The molecule has 0 aromatic heterocycles. The average molecular weight is 418 g/mol. The summed E-state index contributed by atoms with van der Waals surface area (Å²) in [4.78, 5) is 14.8. The van der Waals surface area contributed by atoms with Gasteiger partial charge >= 0.3 is 0 Å². The van der Waals surface area contributed by atoms with Gasteiger partial charge in [-0.05, 0) is 65.0 Å². The molecule has 0 saturated heterocycles. The lowest BCUT2D eigenvalue weighted by Gasteiger charge is -2.30. The Morgan fingerprint density at radius 2 is 1.62 bits per heavy atom. The van der Waals surface area contributed by atoms with Gasteiger partial charge in [-0.2, -0.15) is 0 Å². The molecule has 0 aliphatic heterocycles. The summed E-state index contributed by atoms with van der Waals surface area (Å²) in [5.41, 5.74) is 1.84. The maximum absolute atomic E-state index is 12.7. The number of amides is 1. The highest BCUT2D eigenvalue weighted by molar-refractivity contribution is 7.92. The molecule has 0 aliphatic rings. The second-order valence-electron chi connectivity index (χ2n) is 7.68. The van der Waals surface area contributed by atoms with E-state index in [1.165, 1.54) is 12.1 Å². The van der Waals surface area contributed by atoms with Gasteiger partial charge in [-0.25, -0.2) is 8.42 Å². The van der Waals surface area contributed by atoms with Crippen LogP contribution in [0.2, 0.25) is 0 Å². The molecule has 2 N–H and O–H groups in total. The Labute approximate surface area is 174 Å². The third kappa shape index (κ3) is 6.58. The molecule has 6 nitrogen and oxygen atoms in total. The standard InChI is InChI=1S/C22H31N3O3S/c1-16(2)25(17(3)4)14-13-23-22(26)19-7-6-8-21(15-19)29(27,28)24-20-11-9-18(5)10-12-20/h6-12,15-17,24H,13-14H2,1-5H3,(H,23,26). The molecule has 0 atom stereocenters. The van der Waals surface area contributed by atoms with Crippen molar-refractivity contribution < 1.29 is 13.2 Å². The summed E-state index contributed by atoms with van der Waals surface area (Å²) in [6.07, 6.45) is 0. The molecular weight excluding hydrogens is 386 g/mol. The summed E-state index contributed by atoms with van der Waals surface area (Å²) >= 11 is 0. The monoisotopic (exact) mass is 417 g/mol. The van der Waals surface area contributed by atoms with E-state index in [4.69, 9.17) is 0 Å². The lowest BCUT2D eigenvalue weighted by Crippen LogP contribution is -2.42. The molecule has 2 aromatic carbocycles. The van der Waals surface area contributed by atoms with Crippen LogP contribution >= 0.6 is 0 Å². The Morgan fingerprint density at radius 1 is 1.00 bits per heavy atom. The first kappa shape index (κ1) is 22.9. The van der Waals surface area contributed by atoms with Gasteiger partial charge in [0.15, 0.2) is 0 Å². The highest BCUT2D eigenvalue weighted by atomic mass is 32.2. The number of benzene rings is 2. The number of hydrogen-bond donors (Lipinski definition) is 2. The number of hydrogen-bond acceptors (Lipinski definition) is 4. The quantitative estimate of drug-likeness (QED) is 0.653. The molecule has 1 amide bonds. The van der Waals surface area contributed by atoms with E-state index in [-0.39, 0.29) is 10.8 Å². The smallest absolute Gasteiger partial charge is 0.261 e. The van der Waals surface area contributed by atoms with Gasteiger partial charge < -0.3 is 5.32 Å². The molecule has 0 unspecified atom stereocenters. The Balaban J connectivity index is 2.05. The molecule has 0 radical (unpaired) electrons. The van der Waals surface area contributed by atoms with Gasteiger partial charge in [0.2, 0.25) is 0 Å². The molecule has 0 aliphatic carbocycles. The van der Waals surface area contributed by atoms with Gasteiger partial charge in [-0.1, -0.05) is 23.8 Å². The molecule has 29 heavy (non-hydrogen) atoms. The minimum atomic E-state index is -3.78. The first-order valence-electron chi connectivity index (χ1n) is 9.83. The number of carbonyl (C=O) groups is 1. The normalized spacial score (nSPS) is 11.9. The molecule has 2 aromatic rings. The summed E-state index contributed by atoms with van der Waals surface area (Å²) in [6, 6.07) is 13.9. The van der Waals surface area contributed by atoms with Crippen LogP contribution in [0.5, 0.6) is 0 Å². The molecule has 0 fully saturated rings. The third-order valence-electron chi connectivity index (χ3n) is 4.69. The van der Waals surface area contributed by atoms with Gasteiger partial charge in [0.25, 0.3) is 15.9 Å². The predicted molar refractivity (Wildman–Crippen MR) is 118 cm³/mol. The van der Waals surface area contributed by atoms with Gasteiger partial charge in [-0.15, -0.1) is 0 Å². The number of carbonyl (C=O) groups excluding carboxylic acids is 1. The van der Waals surface area contributed by atoms with Crippen LogP contribution < -0.4 is 10.0 Å². The maximum Gasteiger partial charge on any atom is 0.261 e. The molecule has 0 bridgehead atoms. The lowest BCUT2D eigenvalue weighted by atomic mass is 10.2. The fourth-order valence-corrected chi connectivity index (χ4v) is 4.26. The summed E-state index contributed by atoms with van der Waals surface area (Å²) in [7, 11) is -3.78. The van der Waals surface area contributed by atoms with Gasteiger partial charge in [0, 0.05) is 36.4 Å². The van der Waals surface area contributed by atoms with Crippen molar-refractivity contribution in [2.45, 2.75) is 51.6 Å². The molecule has 0 spiro atoms. The minimum absolute atomic E-state index is 0.0525. The first-order valence-corrected chi connectivity index (χ1v) is 11.3. The van der Waals surface area contributed by atoms with Crippen LogP contribution in [0.3, 0.4) is 0 Å². The van der Waals surface area contributed by atoms with E-state index < -0.39 is 10.0 Å². The summed E-state index contributed by atoms with van der Waals surface area (Å²) in [5, 5.41) is 2.88. The zero-order chi connectivity index (χ0) is 21.6. The average Bonchev–Trinajstić information content (AvgIpc) is 2.66. The van der Waals surface area contributed by atoms with Crippen LogP contribution in [0.1, 0.15) is 43.6 Å². The predicted octanol–water partition coefficient (Wildman–Crippen LogP) is 3.64. The Morgan fingerprint density at radius 3 is 2.21 bits per heavy atom. The fraction of sp³-hybridized carbons (Fsp3) is 0.409. The lowest BCUT2D eigenvalue weighted by molar-refractivity contribution is 0.0939.